The van der Waals surface area contributed by atoms with Crippen LogP contribution in [0.25, 0.3) is 67.6 Å². The number of methoxy groups -OCH3 is 1. The number of hydrogen-bond acceptors (Lipinski definition) is 23. The molecule has 548 valence electrons. The molecule has 19 rings (SSSR count). The molecule has 3 N–H and O–H groups in total. The molecule has 0 aliphatic carbocycles. The summed E-state index contributed by atoms with van der Waals surface area (Å²) >= 11 is 0. The second-order valence-electron chi connectivity index (χ2n) is 27.5. The zero-order valence-corrected chi connectivity index (χ0v) is 60.1. The van der Waals surface area contributed by atoms with Crippen LogP contribution in [0.2, 0.25) is 0 Å². The second-order valence-corrected chi connectivity index (χ2v) is 27.5. The van der Waals surface area contributed by atoms with E-state index in [9.17, 15) is 19.2 Å². The molecule has 107 heavy (non-hydrogen) atoms. The van der Waals surface area contributed by atoms with E-state index in [1.54, 1.807) is 49.0 Å². The van der Waals surface area contributed by atoms with E-state index in [1.165, 1.54) is 0 Å². The van der Waals surface area contributed by atoms with Gasteiger partial charge in [0.25, 0.3) is 22.2 Å². The van der Waals surface area contributed by atoms with E-state index in [-0.39, 0.29) is 42.6 Å². The van der Waals surface area contributed by atoms with Gasteiger partial charge in [-0.3, -0.25) is 36.8 Å². The molecule has 27 nitrogen and oxygen atoms in total. The molecule has 12 aromatic rings. The highest BCUT2D eigenvalue weighted by Gasteiger charge is 2.25. The number of pyridine rings is 4. The number of aromatic nitrogens is 8. The van der Waals surface area contributed by atoms with E-state index in [2.05, 4.69) is 88.2 Å². The normalized spacial score (nSPS) is 18.0. The van der Waals surface area contributed by atoms with Gasteiger partial charge < -0.3 is 73.6 Å². The van der Waals surface area contributed by atoms with Crippen LogP contribution < -0.4 is 90.9 Å². The molecule has 0 amide bonds. The first kappa shape index (κ1) is 69.3. The Labute approximate surface area is 615 Å². The van der Waals surface area contributed by atoms with Crippen molar-refractivity contribution in [2.24, 2.45) is 0 Å². The fraction of sp³-hybridized carbons (Fsp3) is 0.300. The maximum absolute atomic E-state index is 12.8. The zero-order valence-electron chi connectivity index (χ0n) is 60.1. The molecule has 15 heterocycles. The Morgan fingerprint density at radius 2 is 0.738 bits per heavy atom. The minimum absolute atomic E-state index is 0.0835. The lowest BCUT2D eigenvalue weighted by Crippen LogP contribution is -2.54. The van der Waals surface area contributed by atoms with Crippen molar-refractivity contribution < 1.29 is 33.2 Å². The van der Waals surface area contributed by atoms with Gasteiger partial charge in [0, 0.05) is 175 Å². The van der Waals surface area contributed by atoms with E-state index < -0.39 is 0 Å². The standard InChI is InChI=1S/C21H22N4O3.2C20H20N4O3.C19H20N4O2/c1-13-9-24(10-14(2)22-13)16-4-6-20-23-17(8-21(26)25(20)11-16)15-3-5-18-19(7-15)28-12-27-18;1-22-6-8-23(9-7-22)15-3-5-19-21-16(11-20(25)24(19)12-15)14-2-4-17-18(10-14)27-13-26-17;1-13-10-23(7-6-21-13)15-3-5-19-22-16(9-20(25)24(19)11-15)14-2-4-17-18(8-14)27-12-26-17;1-25-16-4-2-3-14(11-16)17-12-19(24)23-13-15(5-6-18(23)21-17)22-9-7-20-8-10-22/h3-8,11,13-14,22H,9-10,12H2,1-2H3;2-5,10-12H,6-9,13H2,1H3;2-5,8-9,11,13,21H,6-7,10,12H2,1H3;2-6,11-13,20H,7-10H2,1H3/t13-,14+;;13-;/m..1./s1. The minimum atomic E-state index is -0.101. The number of ether oxygens (including phenoxy) is 7. The fourth-order valence-corrected chi connectivity index (χ4v) is 14.3. The number of piperazine rings is 4. The molecular formula is C80H82N16O11. The van der Waals surface area contributed by atoms with E-state index in [1.807, 2.05) is 152 Å². The predicted molar refractivity (Wildman–Crippen MR) is 411 cm³/mol. The Morgan fingerprint density at radius 3 is 1.15 bits per heavy atom. The average molecular weight is 1440 g/mol. The molecule has 27 heteroatoms. The summed E-state index contributed by atoms with van der Waals surface area (Å²) in [6, 6.07) is 47.6. The summed E-state index contributed by atoms with van der Waals surface area (Å²) in [5, 5.41) is 10.3. The van der Waals surface area contributed by atoms with Crippen molar-refractivity contribution in [1.82, 2.24) is 58.4 Å². The van der Waals surface area contributed by atoms with Crippen LogP contribution in [0, 0.1) is 0 Å². The van der Waals surface area contributed by atoms with Gasteiger partial charge in [0.15, 0.2) is 34.5 Å². The van der Waals surface area contributed by atoms with Crippen LogP contribution >= 0.6 is 0 Å². The van der Waals surface area contributed by atoms with Crippen LogP contribution in [0.1, 0.15) is 20.8 Å². The lowest BCUT2D eigenvalue weighted by molar-refractivity contribution is 0.173. The molecule has 0 spiro atoms. The Bertz CT molecular complexity index is 5570. The first-order chi connectivity index (χ1) is 52.1. The van der Waals surface area contributed by atoms with Gasteiger partial charge in [0.1, 0.15) is 28.3 Å². The van der Waals surface area contributed by atoms with Crippen molar-refractivity contribution in [3.05, 3.63) is 218 Å². The SMILES string of the molecule is CN1CCN(c2ccc3nc(-c4ccc5c(c4)OCO5)cc(=O)n3c2)CC1.COc1cccc(-c2cc(=O)n3cc(N4CCNCC4)ccc3n2)c1.C[C@@H]1CN(c2ccc3nc(-c4ccc5c(c4)OCO5)cc(=O)n3c2)CCN1.C[C@@H]1CN(c2ccc3nc(-c4ccc5c(c4)OCO5)cc(=O)n3c2)C[C@H](C)N1. The van der Waals surface area contributed by atoms with Crippen molar-refractivity contribution in [2.75, 3.05) is 139 Å². The zero-order chi connectivity index (χ0) is 73.2. The quantitative estimate of drug-likeness (QED) is 0.125. The highest BCUT2D eigenvalue weighted by atomic mass is 16.7. The van der Waals surface area contributed by atoms with Gasteiger partial charge in [-0.2, -0.15) is 0 Å². The average Bonchev–Trinajstić information content (AvgIpc) is 1.58. The van der Waals surface area contributed by atoms with Crippen LogP contribution in [0.15, 0.2) is 196 Å². The number of nitrogens with one attached hydrogen (secondary N) is 3. The summed E-state index contributed by atoms with van der Waals surface area (Å²) in [6.45, 7) is 19.5. The van der Waals surface area contributed by atoms with Gasteiger partial charge in [-0.25, -0.2) is 19.9 Å². The van der Waals surface area contributed by atoms with Crippen molar-refractivity contribution in [1.29, 1.82) is 0 Å². The number of rotatable bonds is 9. The van der Waals surface area contributed by atoms with E-state index in [0.717, 1.165) is 136 Å². The molecule has 0 unspecified atom stereocenters. The van der Waals surface area contributed by atoms with Gasteiger partial charge in [-0.1, -0.05) is 12.1 Å². The van der Waals surface area contributed by atoms with E-state index >= 15 is 0 Å². The van der Waals surface area contributed by atoms with Gasteiger partial charge in [-0.05, 0) is 143 Å². The third-order valence-electron chi connectivity index (χ3n) is 20.0. The van der Waals surface area contributed by atoms with Crippen molar-refractivity contribution in [3.8, 4) is 85.3 Å². The molecule has 4 fully saturated rings. The molecular weight excluding hydrogens is 1360 g/mol. The predicted octanol–water partition coefficient (Wildman–Crippen LogP) is 7.79. The van der Waals surface area contributed by atoms with Crippen molar-refractivity contribution in [2.45, 2.75) is 38.9 Å². The molecule has 0 radical (unpaired) electrons. The summed E-state index contributed by atoms with van der Waals surface area (Å²) < 4.78 is 44.0. The number of anilines is 4. The smallest absolute Gasteiger partial charge is 0.258 e. The highest BCUT2D eigenvalue weighted by molar-refractivity contribution is 5.70. The number of fused-ring (bicyclic) bond motifs is 7. The Morgan fingerprint density at radius 1 is 0.374 bits per heavy atom. The second kappa shape index (κ2) is 30.2. The topological polar surface area (TPSA) is 254 Å². The fourth-order valence-electron chi connectivity index (χ4n) is 14.3. The molecule has 4 saturated heterocycles. The minimum Gasteiger partial charge on any atom is -0.497 e. The van der Waals surface area contributed by atoms with Crippen LogP contribution in [-0.2, 0) is 0 Å². The van der Waals surface area contributed by atoms with Crippen LogP contribution in [0.4, 0.5) is 22.7 Å². The number of benzene rings is 4. The molecule has 7 aliphatic rings. The van der Waals surface area contributed by atoms with Gasteiger partial charge in [0.2, 0.25) is 20.4 Å². The molecule has 7 aliphatic heterocycles. The van der Waals surface area contributed by atoms with Gasteiger partial charge in [-0.15, -0.1) is 0 Å². The number of likely N-dealkylation sites (N-methyl/N-ethyl adjacent to an activating group) is 1. The Balaban J connectivity index is 0.000000109. The van der Waals surface area contributed by atoms with Crippen LogP contribution in [-0.4, -0.2) is 180 Å². The lowest BCUT2D eigenvalue weighted by Gasteiger charge is -2.37. The molecule has 0 saturated carbocycles. The number of hydrogen-bond donors (Lipinski definition) is 3. The van der Waals surface area contributed by atoms with E-state index in [4.69, 9.17) is 33.2 Å². The first-order valence-corrected chi connectivity index (χ1v) is 36.0. The third kappa shape index (κ3) is 15.2. The van der Waals surface area contributed by atoms with Gasteiger partial charge >= 0.3 is 0 Å². The largest absolute Gasteiger partial charge is 0.497 e. The highest BCUT2D eigenvalue weighted by Crippen LogP contribution is 2.38. The first-order valence-electron chi connectivity index (χ1n) is 36.0. The molecule has 4 aromatic carbocycles. The molecule has 3 atom stereocenters. The monoisotopic (exact) mass is 1440 g/mol. The summed E-state index contributed by atoms with van der Waals surface area (Å²) in [7, 11) is 3.75. The van der Waals surface area contributed by atoms with Crippen LogP contribution in [0.5, 0.6) is 40.2 Å². The van der Waals surface area contributed by atoms with Gasteiger partial charge in [0.05, 0.1) is 52.6 Å². The summed E-state index contributed by atoms with van der Waals surface area (Å²) in [5.41, 5.74) is 12.2. The number of nitrogens with zero attached hydrogens (tertiary/aromatic N) is 13. The molecule has 8 aromatic heterocycles. The third-order valence-corrected chi connectivity index (χ3v) is 20.0. The molecule has 0 bridgehead atoms. The summed E-state index contributed by atoms with van der Waals surface area (Å²) in [6.07, 6.45) is 7.54. The van der Waals surface area contributed by atoms with Crippen LogP contribution in [0.3, 0.4) is 0 Å². The maximum atomic E-state index is 12.8. The van der Waals surface area contributed by atoms with Crippen molar-refractivity contribution >= 4 is 45.3 Å². The Kier molecular flexibility index (Phi) is 19.6. The van der Waals surface area contributed by atoms with E-state index in [0.29, 0.717) is 98.0 Å². The summed E-state index contributed by atoms with van der Waals surface area (Å²) in [5.74, 6) is 4.92. The summed E-state index contributed by atoms with van der Waals surface area (Å²) in [4.78, 5) is 81.1. The van der Waals surface area contributed by atoms with Crippen molar-refractivity contribution in [3.63, 3.8) is 0 Å². The Hall–Kier alpha value is -12.0. The maximum Gasteiger partial charge on any atom is 0.258 e. The lowest BCUT2D eigenvalue weighted by atomic mass is 10.1.